The SMILES string of the molecule is COC(=O)C1=C(C)N=C2SC=C(CC(=O)NCCc3ccccn3)N2C1c1ccccc1OC. The van der Waals surface area contributed by atoms with Gasteiger partial charge in [0, 0.05) is 36.1 Å². The van der Waals surface area contributed by atoms with Crippen LogP contribution in [0.1, 0.15) is 30.6 Å². The number of amides is 1. The van der Waals surface area contributed by atoms with Crippen molar-refractivity contribution in [2.24, 2.45) is 4.99 Å². The zero-order valence-electron chi connectivity index (χ0n) is 19.3. The number of para-hydroxylation sites is 1. The van der Waals surface area contributed by atoms with Gasteiger partial charge in [-0.05, 0) is 30.5 Å². The lowest BCUT2D eigenvalue weighted by molar-refractivity contribution is -0.136. The Kier molecular flexibility index (Phi) is 7.32. The summed E-state index contributed by atoms with van der Waals surface area (Å²) < 4.78 is 10.7. The van der Waals surface area contributed by atoms with Crippen molar-refractivity contribution in [1.29, 1.82) is 0 Å². The number of methoxy groups -OCH3 is 2. The first-order chi connectivity index (χ1) is 16.5. The number of amidine groups is 1. The Morgan fingerprint density at radius 2 is 1.94 bits per heavy atom. The fourth-order valence-corrected chi connectivity index (χ4v) is 4.99. The molecule has 0 saturated heterocycles. The monoisotopic (exact) mass is 478 g/mol. The Morgan fingerprint density at radius 1 is 1.15 bits per heavy atom. The minimum Gasteiger partial charge on any atom is -0.496 e. The van der Waals surface area contributed by atoms with Gasteiger partial charge in [-0.1, -0.05) is 36.0 Å². The van der Waals surface area contributed by atoms with E-state index in [1.807, 2.05) is 52.8 Å². The number of ether oxygens (including phenoxy) is 2. The third-order valence-corrected chi connectivity index (χ3v) is 6.50. The summed E-state index contributed by atoms with van der Waals surface area (Å²) in [5, 5.41) is 5.58. The summed E-state index contributed by atoms with van der Waals surface area (Å²) in [6, 6.07) is 12.7. The maximum absolute atomic E-state index is 12.8. The molecule has 1 N–H and O–H groups in total. The van der Waals surface area contributed by atoms with Crippen LogP contribution >= 0.6 is 11.8 Å². The number of allylic oxidation sites excluding steroid dienone is 1. The van der Waals surface area contributed by atoms with Crippen LogP contribution in [0.2, 0.25) is 0 Å². The number of hydrogen-bond acceptors (Lipinski definition) is 8. The Morgan fingerprint density at radius 3 is 2.68 bits per heavy atom. The molecule has 176 valence electrons. The summed E-state index contributed by atoms with van der Waals surface area (Å²) in [5.41, 5.74) is 3.46. The standard InChI is InChI=1S/C25H26N4O4S/c1-16-22(24(31)33-3)23(19-9-4-5-10-20(19)32-2)29-18(15-34-25(29)28-16)14-21(30)27-13-11-17-8-6-7-12-26-17/h4-10,12,15,23H,11,13-14H2,1-3H3,(H,27,30). The predicted molar refractivity (Wildman–Crippen MR) is 131 cm³/mol. The molecule has 1 amide bonds. The third-order valence-electron chi connectivity index (χ3n) is 5.61. The fraction of sp³-hybridized carbons (Fsp3) is 0.280. The summed E-state index contributed by atoms with van der Waals surface area (Å²) >= 11 is 1.43. The highest BCUT2D eigenvalue weighted by atomic mass is 32.2. The van der Waals surface area contributed by atoms with E-state index >= 15 is 0 Å². The smallest absolute Gasteiger partial charge is 0.338 e. The number of carbonyl (C=O) groups excluding carboxylic acids is 2. The van der Waals surface area contributed by atoms with E-state index in [4.69, 9.17) is 9.47 Å². The van der Waals surface area contributed by atoms with Gasteiger partial charge in [-0.3, -0.25) is 9.78 Å². The van der Waals surface area contributed by atoms with Gasteiger partial charge >= 0.3 is 5.97 Å². The second-order valence-electron chi connectivity index (χ2n) is 7.72. The molecular weight excluding hydrogens is 452 g/mol. The van der Waals surface area contributed by atoms with Crippen molar-refractivity contribution in [3.05, 3.63) is 82.3 Å². The molecule has 1 aromatic carbocycles. The van der Waals surface area contributed by atoms with E-state index in [9.17, 15) is 9.59 Å². The Balaban J connectivity index is 1.58. The fourth-order valence-electron chi connectivity index (χ4n) is 4.03. The normalized spacial score (nSPS) is 17.0. The first-order valence-electron chi connectivity index (χ1n) is 10.9. The Bertz CT molecular complexity index is 1180. The highest BCUT2D eigenvalue weighted by Crippen LogP contribution is 2.46. The predicted octanol–water partition coefficient (Wildman–Crippen LogP) is 3.59. The van der Waals surface area contributed by atoms with Gasteiger partial charge in [-0.2, -0.15) is 0 Å². The van der Waals surface area contributed by atoms with Crippen molar-refractivity contribution >= 4 is 28.8 Å². The number of nitrogens with one attached hydrogen (secondary N) is 1. The summed E-state index contributed by atoms with van der Waals surface area (Å²) in [6.07, 6.45) is 2.53. The van der Waals surface area contributed by atoms with Crippen molar-refractivity contribution in [3.63, 3.8) is 0 Å². The molecule has 0 fully saturated rings. The van der Waals surface area contributed by atoms with Gasteiger partial charge < -0.3 is 19.7 Å². The summed E-state index contributed by atoms with van der Waals surface area (Å²) in [4.78, 5) is 36.5. The van der Waals surface area contributed by atoms with Crippen LogP contribution in [0.15, 0.2) is 76.0 Å². The van der Waals surface area contributed by atoms with Gasteiger partial charge in [0.1, 0.15) is 5.75 Å². The molecule has 1 aromatic heterocycles. The molecule has 0 radical (unpaired) electrons. The van der Waals surface area contributed by atoms with Crippen molar-refractivity contribution in [2.75, 3.05) is 20.8 Å². The molecule has 4 rings (SSSR count). The summed E-state index contributed by atoms with van der Waals surface area (Å²) in [5.74, 6) is 0.0555. The second kappa shape index (κ2) is 10.6. The number of aliphatic imine (C=N–C) groups is 1. The zero-order valence-corrected chi connectivity index (χ0v) is 20.1. The highest BCUT2D eigenvalue weighted by Gasteiger charge is 2.42. The Hall–Kier alpha value is -3.59. The van der Waals surface area contributed by atoms with Crippen molar-refractivity contribution < 1.29 is 19.1 Å². The molecule has 0 aliphatic carbocycles. The number of aromatic nitrogens is 1. The average molecular weight is 479 g/mol. The van der Waals surface area contributed by atoms with E-state index in [0.717, 1.165) is 17.0 Å². The van der Waals surface area contributed by atoms with Gasteiger partial charge in [0.25, 0.3) is 0 Å². The topological polar surface area (TPSA) is 93.1 Å². The molecule has 8 nitrogen and oxygen atoms in total. The number of pyridine rings is 1. The number of benzene rings is 1. The van der Waals surface area contributed by atoms with Crippen LogP contribution in [0.5, 0.6) is 5.75 Å². The van der Waals surface area contributed by atoms with E-state index in [-0.39, 0.29) is 12.3 Å². The van der Waals surface area contributed by atoms with Crippen molar-refractivity contribution in [3.8, 4) is 5.75 Å². The van der Waals surface area contributed by atoms with Gasteiger partial charge in [0.15, 0.2) is 5.17 Å². The van der Waals surface area contributed by atoms with Crippen LogP contribution in [0.3, 0.4) is 0 Å². The van der Waals surface area contributed by atoms with E-state index in [0.29, 0.717) is 35.2 Å². The number of rotatable bonds is 8. The second-order valence-corrected chi connectivity index (χ2v) is 8.56. The van der Waals surface area contributed by atoms with Gasteiger partial charge in [0.05, 0.1) is 38.0 Å². The molecule has 2 aliphatic heterocycles. The van der Waals surface area contributed by atoms with E-state index in [2.05, 4.69) is 15.3 Å². The average Bonchev–Trinajstić information content (AvgIpc) is 3.25. The van der Waals surface area contributed by atoms with Gasteiger partial charge in [-0.25, -0.2) is 9.79 Å². The number of thioether (sulfide) groups is 1. The van der Waals surface area contributed by atoms with Crippen molar-refractivity contribution in [1.82, 2.24) is 15.2 Å². The van der Waals surface area contributed by atoms with Crippen LogP contribution in [-0.2, 0) is 20.7 Å². The molecule has 2 aromatic rings. The van der Waals surface area contributed by atoms with E-state index in [1.165, 1.54) is 18.9 Å². The molecule has 0 bridgehead atoms. The molecule has 0 spiro atoms. The summed E-state index contributed by atoms with van der Waals surface area (Å²) in [7, 11) is 2.95. The number of fused-ring (bicyclic) bond motifs is 1. The van der Waals surface area contributed by atoms with Gasteiger partial charge in [-0.15, -0.1) is 0 Å². The largest absolute Gasteiger partial charge is 0.496 e. The molecule has 1 atom stereocenters. The molecule has 34 heavy (non-hydrogen) atoms. The molecular formula is C25H26N4O4S. The quantitative estimate of drug-likeness (QED) is 0.580. The van der Waals surface area contributed by atoms with Crippen LogP contribution in [0.25, 0.3) is 0 Å². The molecule has 2 aliphatic rings. The molecule has 3 heterocycles. The zero-order chi connectivity index (χ0) is 24.1. The maximum atomic E-state index is 12.8. The minimum atomic E-state index is -0.529. The highest BCUT2D eigenvalue weighted by molar-refractivity contribution is 8.16. The Labute approximate surface area is 202 Å². The number of esters is 1. The van der Waals surface area contributed by atoms with Crippen LogP contribution in [0.4, 0.5) is 0 Å². The lowest BCUT2D eigenvalue weighted by atomic mass is 9.93. The van der Waals surface area contributed by atoms with Crippen LogP contribution < -0.4 is 10.1 Å². The van der Waals surface area contributed by atoms with Crippen LogP contribution in [-0.4, -0.2) is 47.7 Å². The number of carbonyl (C=O) groups is 2. The molecule has 1 unspecified atom stereocenters. The first kappa shape index (κ1) is 23.6. The lowest BCUT2D eigenvalue weighted by Gasteiger charge is -2.36. The van der Waals surface area contributed by atoms with Crippen molar-refractivity contribution in [2.45, 2.75) is 25.8 Å². The van der Waals surface area contributed by atoms with E-state index in [1.54, 1.807) is 20.2 Å². The maximum Gasteiger partial charge on any atom is 0.338 e. The van der Waals surface area contributed by atoms with E-state index < -0.39 is 12.0 Å². The number of hydrogen-bond donors (Lipinski definition) is 1. The minimum absolute atomic E-state index is 0.117. The number of nitrogens with zero attached hydrogens (tertiary/aromatic N) is 3. The lowest BCUT2D eigenvalue weighted by Crippen LogP contribution is -2.38. The summed E-state index contributed by atoms with van der Waals surface area (Å²) in [6.45, 7) is 2.28. The molecule has 0 saturated carbocycles. The van der Waals surface area contributed by atoms with Gasteiger partial charge in [0.2, 0.25) is 5.91 Å². The third kappa shape index (κ3) is 4.84. The van der Waals surface area contributed by atoms with Crippen LogP contribution in [0, 0.1) is 0 Å². The first-order valence-corrected chi connectivity index (χ1v) is 11.7. The molecule has 9 heteroatoms.